The molecule has 0 atom stereocenters. The highest BCUT2D eigenvalue weighted by Gasteiger charge is 2.37. The molecule has 0 fully saturated rings. The Morgan fingerprint density at radius 3 is 2.00 bits per heavy atom. The monoisotopic (exact) mass is 303 g/mol. The molecule has 7 nitrogen and oxygen atoms in total. The Labute approximate surface area is 125 Å². The Kier molecular flexibility index (Phi) is 6.66. The highest BCUT2D eigenvalue weighted by molar-refractivity contribution is 5.79. The highest BCUT2D eigenvalue weighted by atomic mass is 16.6. The molecule has 0 aromatic heterocycles. The number of amides is 1. The fraction of sp³-hybridized carbons (Fsp3) is 0.786. The van der Waals surface area contributed by atoms with Gasteiger partial charge in [-0.3, -0.25) is 14.5 Å². The van der Waals surface area contributed by atoms with Crippen LogP contribution in [0.4, 0.5) is 4.79 Å². The molecule has 0 aromatic rings. The van der Waals surface area contributed by atoms with Gasteiger partial charge < -0.3 is 14.6 Å². The second kappa shape index (κ2) is 7.28. The molecule has 0 rings (SSSR count). The number of ether oxygens (including phenoxy) is 2. The summed E-state index contributed by atoms with van der Waals surface area (Å²) in [5.74, 6) is -1.68. The average Bonchev–Trinajstić information content (AvgIpc) is 2.21. The molecule has 21 heavy (non-hydrogen) atoms. The first kappa shape index (κ1) is 19.2. The molecule has 0 aliphatic rings. The summed E-state index contributed by atoms with van der Waals surface area (Å²) in [6, 6.07) is 0. The molecule has 0 saturated heterocycles. The molecule has 0 aliphatic carbocycles. The maximum atomic E-state index is 12.2. The second-order valence-electron chi connectivity index (χ2n) is 6.25. The van der Waals surface area contributed by atoms with Crippen molar-refractivity contribution in [3.8, 4) is 0 Å². The summed E-state index contributed by atoms with van der Waals surface area (Å²) in [4.78, 5) is 35.9. The van der Waals surface area contributed by atoms with Crippen molar-refractivity contribution in [2.24, 2.45) is 0 Å². The van der Waals surface area contributed by atoms with Crippen molar-refractivity contribution in [1.82, 2.24) is 4.90 Å². The largest absolute Gasteiger partial charge is 0.481 e. The van der Waals surface area contributed by atoms with Crippen LogP contribution in [0.25, 0.3) is 0 Å². The van der Waals surface area contributed by atoms with E-state index in [2.05, 4.69) is 0 Å². The van der Waals surface area contributed by atoms with E-state index < -0.39 is 29.2 Å². The van der Waals surface area contributed by atoms with Gasteiger partial charge in [-0.15, -0.1) is 0 Å². The molecule has 7 heteroatoms. The van der Waals surface area contributed by atoms with Crippen LogP contribution in [0.5, 0.6) is 0 Å². The molecule has 0 spiro atoms. The third-order valence-corrected chi connectivity index (χ3v) is 2.52. The molecule has 0 aliphatic heterocycles. The minimum atomic E-state index is -1.08. The number of nitrogens with zero attached hydrogens (tertiary/aromatic N) is 1. The van der Waals surface area contributed by atoms with Crippen LogP contribution in [0.2, 0.25) is 0 Å². The molecule has 0 radical (unpaired) electrons. The fourth-order valence-electron chi connectivity index (χ4n) is 1.64. The molecule has 122 valence electrons. The number of carboxylic acid groups (broad SMARTS) is 1. The normalized spacial score (nSPS) is 11.7. The number of aliphatic carboxylic acids is 1. The minimum Gasteiger partial charge on any atom is -0.481 e. The van der Waals surface area contributed by atoms with Crippen LogP contribution in [-0.4, -0.2) is 52.3 Å². The molecule has 0 aromatic carbocycles. The van der Waals surface area contributed by atoms with Crippen LogP contribution in [0.1, 0.15) is 48.0 Å². The number of esters is 1. The van der Waals surface area contributed by atoms with E-state index in [1.165, 1.54) is 0 Å². The number of carboxylic acids is 1. The van der Waals surface area contributed by atoms with Gasteiger partial charge in [0.2, 0.25) is 0 Å². The van der Waals surface area contributed by atoms with Crippen molar-refractivity contribution < 1.29 is 29.0 Å². The van der Waals surface area contributed by atoms with Gasteiger partial charge in [0.25, 0.3) is 0 Å². The quantitative estimate of drug-likeness (QED) is 0.755. The lowest BCUT2D eigenvalue weighted by Gasteiger charge is -2.37. The van der Waals surface area contributed by atoms with Crippen molar-refractivity contribution in [3.05, 3.63) is 0 Å². The van der Waals surface area contributed by atoms with Crippen LogP contribution in [0.3, 0.4) is 0 Å². The number of hydrogen-bond acceptors (Lipinski definition) is 5. The first-order valence-corrected chi connectivity index (χ1v) is 6.77. The average molecular weight is 303 g/mol. The summed E-state index contributed by atoms with van der Waals surface area (Å²) in [6.45, 7) is 9.67. The molecule has 0 heterocycles. The molecule has 0 unspecified atom stereocenters. The van der Waals surface area contributed by atoms with Crippen LogP contribution < -0.4 is 0 Å². The molecule has 0 bridgehead atoms. The second-order valence-corrected chi connectivity index (χ2v) is 6.25. The topological polar surface area (TPSA) is 93.1 Å². The Balaban J connectivity index is 5.21. The van der Waals surface area contributed by atoms with E-state index in [0.29, 0.717) is 0 Å². The molecular formula is C14H25NO6. The summed E-state index contributed by atoms with van der Waals surface area (Å²) in [7, 11) is 0. The number of hydrogen-bond donors (Lipinski definition) is 1. The molecule has 0 saturated carbocycles. The van der Waals surface area contributed by atoms with Gasteiger partial charge in [0.05, 0.1) is 18.6 Å². The lowest BCUT2D eigenvalue weighted by molar-refractivity contribution is -0.148. The van der Waals surface area contributed by atoms with Crippen LogP contribution >= 0.6 is 0 Å². The van der Waals surface area contributed by atoms with Crippen molar-refractivity contribution in [2.45, 2.75) is 59.1 Å². The van der Waals surface area contributed by atoms with E-state index in [9.17, 15) is 14.4 Å². The Hall–Kier alpha value is -1.79. The summed E-state index contributed by atoms with van der Waals surface area (Å²) in [6.07, 6.45) is -1.06. The third-order valence-electron chi connectivity index (χ3n) is 2.52. The van der Waals surface area contributed by atoms with Crippen molar-refractivity contribution in [1.29, 1.82) is 0 Å². The first-order valence-electron chi connectivity index (χ1n) is 6.77. The van der Waals surface area contributed by atoms with Gasteiger partial charge >= 0.3 is 18.0 Å². The smallest absolute Gasteiger partial charge is 0.411 e. The standard InChI is InChI=1S/C14H25NO6/c1-7-20-11(18)9-15(12(19)21-13(2,3)4)14(5,6)8-10(16)17/h7-9H2,1-6H3,(H,16,17). The Morgan fingerprint density at radius 1 is 1.10 bits per heavy atom. The zero-order valence-electron chi connectivity index (χ0n) is 13.6. The van der Waals surface area contributed by atoms with Crippen molar-refractivity contribution in [3.63, 3.8) is 0 Å². The van der Waals surface area contributed by atoms with Gasteiger partial charge in [-0.2, -0.15) is 0 Å². The van der Waals surface area contributed by atoms with Crippen molar-refractivity contribution >= 4 is 18.0 Å². The summed E-state index contributed by atoms with van der Waals surface area (Å²) in [5.41, 5.74) is -1.83. The number of carbonyl (C=O) groups excluding carboxylic acids is 2. The van der Waals surface area contributed by atoms with E-state index in [4.69, 9.17) is 14.6 Å². The zero-order chi connectivity index (χ0) is 16.8. The first-order chi connectivity index (χ1) is 9.39. The molecular weight excluding hydrogens is 278 g/mol. The van der Waals surface area contributed by atoms with Gasteiger partial charge in [0.15, 0.2) is 0 Å². The predicted molar refractivity (Wildman–Crippen MR) is 75.9 cm³/mol. The van der Waals surface area contributed by atoms with E-state index in [-0.39, 0.29) is 19.6 Å². The van der Waals surface area contributed by atoms with Gasteiger partial charge in [0.1, 0.15) is 12.1 Å². The Morgan fingerprint density at radius 2 is 1.62 bits per heavy atom. The van der Waals surface area contributed by atoms with Crippen molar-refractivity contribution in [2.75, 3.05) is 13.2 Å². The maximum Gasteiger partial charge on any atom is 0.411 e. The maximum absolute atomic E-state index is 12.2. The van der Waals surface area contributed by atoms with Gasteiger partial charge in [0, 0.05) is 0 Å². The summed E-state index contributed by atoms with van der Waals surface area (Å²) in [5, 5.41) is 8.95. The minimum absolute atomic E-state index is 0.181. The SMILES string of the molecule is CCOC(=O)CN(C(=O)OC(C)(C)C)C(C)(C)CC(=O)O. The van der Waals surface area contributed by atoms with Crippen LogP contribution in [0.15, 0.2) is 0 Å². The highest BCUT2D eigenvalue weighted by Crippen LogP contribution is 2.22. The summed E-state index contributed by atoms with van der Waals surface area (Å²) < 4.78 is 10.1. The molecule has 1 amide bonds. The third kappa shape index (κ3) is 7.53. The fourth-order valence-corrected chi connectivity index (χ4v) is 1.64. The molecule has 1 N–H and O–H groups in total. The summed E-state index contributed by atoms with van der Waals surface area (Å²) >= 11 is 0. The van der Waals surface area contributed by atoms with Crippen LogP contribution in [-0.2, 0) is 19.1 Å². The Bertz CT molecular complexity index is 397. The van der Waals surface area contributed by atoms with Crippen LogP contribution in [0, 0.1) is 0 Å². The van der Waals surface area contributed by atoms with E-state index in [1.54, 1.807) is 41.5 Å². The number of carbonyl (C=O) groups is 3. The van der Waals surface area contributed by atoms with Gasteiger partial charge in [-0.25, -0.2) is 4.79 Å². The van der Waals surface area contributed by atoms with Gasteiger partial charge in [-0.1, -0.05) is 0 Å². The van der Waals surface area contributed by atoms with E-state index >= 15 is 0 Å². The van der Waals surface area contributed by atoms with E-state index in [0.717, 1.165) is 4.90 Å². The lowest BCUT2D eigenvalue weighted by Crippen LogP contribution is -2.52. The van der Waals surface area contributed by atoms with E-state index in [1.807, 2.05) is 0 Å². The number of rotatable bonds is 6. The zero-order valence-corrected chi connectivity index (χ0v) is 13.6. The predicted octanol–water partition coefficient (Wildman–Crippen LogP) is 2.04. The van der Waals surface area contributed by atoms with Gasteiger partial charge in [-0.05, 0) is 41.5 Å². The lowest BCUT2D eigenvalue weighted by atomic mass is 9.98.